The van der Waals surface area contributed by atoms with Crippen LogP contribution >= 0.6 is 0 Å². The lowest BCUT2D eigenvalue weighted by Crippen LogP contribution is -2.21. The molecule has 6 heteroatoms. The monoisotopic (exact) mass is 193 g/mol. The molecule has 0 aromatic carbocycles. The molecule has 1 heterocycles. The number of hydrogen-bond acceptors (Lipinski definition) is 2. The van der Waals surface area contributed by atoms with Gasteiger partial charge in [-0.25, -0.2) is 4.98 Å². The van der Waals surface area contributed by atoms with E-state index in [4.69, 9.17) is 5.73 Å². The molecule has 0 aliphatic carbocycles. The van der Waals surface area contributed by atoms with E-state index in [-0.39, 0.29) is 0 Å². The van der Waals surface area contributed by atoms with Crippen LogP contribution in [-0.2, 0) is 6.54 Å². The molecule has 0 radical (unpaired) electrons. The van der Waals surface area contributed by atoms with Gasteiger partial charge in [0, 0.05) is 12.2 Å². The van der Waals surface area contributed by atoms with Crippen LogP contribution in [0, 0.1) is 0 Å². The summed E-state index contributed by atoms with van der Waals surface area (Å²) in [4.78, 5) is 3.61. The van der Waals surface area contributed by atoms with E-state index in [0.29, 0.717) is 5.69 Å². The molecule has 3 nitrogen and oxygen atoms in total. The first kappa shape index (κ1) is 10.0. The molecule has 0 amide bonds. The zero-order valence-corrected chi connectivity index (χ0v) is 7.04. The maximum atomic E-state index is 12.0. The zero-order valence-electron chi connectivity index (χ0n) is 7.04. The van der Waals surface area contributed by atoms with E-state index >= 15 is 0 Å². The molecular weight excluding hydrogens is 183 g/mol. The Morgan fingerprint density at radius 1 is 1.62 bits per heavy atom. The highest BCUT2D eigenvalue weighted by atomic mass is 19.4. The van der Waals surface area contributed by atoms with Gasteiger partial charge in [-0.15, -0.1) is 0 Å². The van der Waals surface area contributed by atoms with Crippen molar-refractivity contribution in [2.45, 2.75) is 25.7 Å². The normalized spacial score (nSPS) is 14.5. The second kappa shape index (κ2) is 3.37. The second-order valence-electron chi connectivity index (χ2n) is 2.85. The third kappa shape index (κ3) is 2.73. The quantitative estimate of drug-likeness (QED) is 0.772. The van der Waals surface area contributed by atoms with Crippen LogP contribution in [-0.4, -0.2) is 15.7 Å². The van der Waals surface area contributed by atoms with E-state index < -0.39 is 18.8 Å². The summed E-state index contributed by atoms with van der Waals surface area (Å²) in [5.74, 6) is 0. The summed E-state index contributed by atoms with van der Waals surface area (Å²) in [7, 11) is 0. The van der Waals surface area contributed by atoms with Gasteiger partial charge in [0.1, 0.15) is 6.54 Å². The highest BCUT2D eigenvalue weighted by Crippen LogP contribution is 2.19. The molecule has 1 rings (SSSR count). The summed E-state index contributed by atoms with van der Waals surface area (Å²) in [6.45, 7) is 0.577. The van der Waals surface area contributed by atoms with Crippen molar-refractivity contribution in [2.24, 2.45) is 5.73 Å². The Morgan fingerprint density at radius 3 is 2.69 bits per heavy atom. The predicted octanol–water partition coefficient (Wildman–Crippen LogP) is 1.47. The lowest BCUT2D eigenvalue weighted by molar-refractivity contribution is -0.141. The van der Waals surface area contributed by atoms with Crippen molar-refractivity contribution in [3.63, 3.8) is 0 Å². The number of hydrogen-bond donors (Lipinski definition) is 1. The average Bonchev–Trinajstić information content (AvgIpc) is 2.31. The van der Waals surface area contributed by atoms with Crippen molar-refractivity contribution in [1.82, 2.24) is 9.55 Å². The van der Waals surface area contributed by atoms with Crippen LogP contribution in [0.4, 0.5) is 13.2 Å². The van der Waals surface area contributed by atoms with E-state index in [9.17, 15) is 13.2 Å². The average molecular weight is 193 g/mol. The van der Waals surface area contributed by atoms with Crippen molar-refractivity contribution in [3.8, 4) is 0 Å². The summed E-state index contributed by atoms with van der Waals surface area (Å²) in [5, 5.41) is 0. The highest BCUT2D eigenvalue weighted by molar-refractivity contribution is 5.03. The van der Waals surface area contributed by atoms with Crippen molar-refractivity contribution >= 4 is 0 Å². The molecule has 0 bridgehead atoms. The van der Waals surface area contributed by atoms with Crippen molar-refractivity contribution in [3.05, 3.63) is 18.2 Å². The third-order valence-electron chi connectivity index (χ3n) is 1.56. The van der Waals surface area contributed by atoms with Gasteiger partial charge in [0.05, 0.1) is 12.0 Å². The van der Waals surface area contributed by atoms with Gasteiger partial charge in [-0.3, -0.25) is 0 Å². The molecule has 0 saturated carbocycles. The van der Waals surface area contributed by atoms with Gasteiger partial charge in [-0.1, -0.05) is 0 Å². The Balaban J connectivity index is 2.83. The van der Waals surface area contributed by atoms with Crippen LogP contribution < -0.4 is 5.73 Å². The van der Waals surface area contributed by atoms with Crippen LogP contribution in [0.1, 0.15) is 18.7 Å². The van der Waals surface area contributed by atoms with Crippen LogP contribution in [0.25, 0.3) is 0 Å². The Morgan fingerprint density at radius 2 is 2.23 bits per heavy atom. The van der Waals surface area contributed by atoms with Crippen molar-refractivity contribution in [2.75, 3.05) is 0 Å². The standard InChI is InChI=1S/C7H10F3N3/c1-5(11)6-2-12-4-13(6)3-7(8,9)10/h2,4-5H,3,11H2,1H3. The molecule has 74 valence electrons. The molecule has 1 aromatic heterocycles. The lowest BCUT2D eigenvalue weighted by Gasteiger charge is -2.12. The number of halogens is 3. The van der Waals surface area contributed by atoms with E-state index in [2.05, 4.69) is 4.98 Å². The summed E-state index contributed by atoms with van der Waals surface area (Å²) < 4.78 is 36.9. The third-order valence-corrected chi connectivity index (χ3v) is 1.56. The fourth-order valence-corrected chi connectivity index (χ4v) is 1.04. The number of rotatable bonds is 2. The maximum Gasteiger partial charge on any atom is 0.406 e. The SMILES string of the molecule is CC(N)c1cncn1CC(F)(F)F. The fraction of sp³-hybridized carbons (Fsp3) is 0.571. The summed E-state index contributed by atoms with van der Waals surface area (Å²) in [6.07, 6.45) is -1.76. The number of aromatic nitrogens is 2. The van der Waals surface area contributed by atoms with Crippen LogP contribution in [0.2, 0.25) is 0 Å². The first-order valence-corrected chi connectivity index (χ1v) is 3.72. The smallest absolute Gasteiger partial charge is 0.324 e. The van der Waals surface area contributed by atoms with Gasteiger partial charge in [0.25, 0.3) is 0 Å². The molecule has 1 atom stereocenters. The molecule has 0 saturated heterocycles. The van der Waals surface area contributed by atoms with E-state index in [0.717, 1.165) is 10.9 Å². The molecule has 2 N–H and O–H groups in total. The minimum atomic E-state index is -4.23. The molecule has 0 spiro atoms. The molecule has 1 unspecified atom stereocenters. The Labute approximate surface area is 73.4 Å². The highest BCUT2D eigenvalue weighted by Gasteiger charge is 2.29. The van der Waals surface area contributed by atoms with E-state index in [1.54, 1.807) is 6.92 Å². The topological polar surface area (TPSA) is 43.8 Å². The fourth-order valence-electron chi connectivity index (χ4n) is 1.04. The van der Waals surface area contributed by atoms with Gasteiger partial charge in [0.15, 0.2) is 0 Å². The molecule has 0 aliphatic heterocycles. The van der Waals surface area contributed by atoms with Crippen LogP contribution in [0.3, 0.4) is 0 Å². The summed E-state index contributed by atoms with van der Waals surface area (Å²) in [5.41, 5.74) is 5.84. The number of imidazole rings is 1. The summed E-state index contributed by atoms with van der Waals surface area (Å²) in [6, 6.07) is -0.440. The number of nitrogens with zero attached hydrogens (tertiary/aromatic N) is 2. The predicted molar refractivity (Wildman–Crippen MR) is 40.9 cm³/mol. The van der Waals surface area contributed by atoms with Gasteiger partial charge in [0.2, 0.25) is 0 Å². The van der Waals surface area contributed by atoms with E-state index in [1.807, 2.05) is 0 Å². The van der Waals surface area contributed by atoms with Crippen molar-refractivity contribution in [1.29, 1.82) is 0 Å². The minimum Gasteiger partial charge on any atom is -0.324 e. The zero-order chi connectivity index (χ0) is 10.1. The Hall–Kier alpha value is -1.04. The Bertz CT molecular complexity index is 277. The van der Waals surface area contributed by atoms with Crippen LogP contribution in [0.15, 0.2) is 12.5 Å². The van der Waals surface area contributed by atoms with Gasteiger partial charge < -0.3 is 10.3 Å². The molecule has 13 heavy (non-hydrogen) atoms. The minimum absolute atomic E-state index is 0.386. The van der Waals surface area contributed by atoms with Gasteiger partial charge in [-0.2, -0.15) is 13.2 Å². The summed E-state index contributed by atoms with van der Waals surface area (Å²) >= 11 is 0. The first-order chi connectivity index (χ1) is 5.90. The van der Waals surface area contributed by atoms with Gasteiger partial charge >= 0.3 is 6.18 Å². The van der Waals surface area contributed by atoms with Crippen LogP contribution in [0.5, 0.6) is 0 Å². The number of nitrogens with two attached hydrogens (primary N) is 1. The molecule has 1 aromatic rings. The second-order valence-corrected chi connectivity index (χ2v) is 2.85. The molecular formula is C7H10F3N3. The largest absolute Gasteiger partial charge is 0.406 e. The lowest BCUT2D eigenvalue weighted by atomic mass is 10.3. The number of alkyl halides is 3. The molecule has 0 fully saturated rings. The Kier molecular flexibility index (Phi) is 2.60. The van der Waals surface area contributed by atoms with Gasteiger partial charge in [-0.05, 0) is 6.92 Å². The first-order valence-electron chi connectivity index (χ1n) is 3.72. The molecule has 0 aliphatic rings. The van der Waals surface area contributed by atoms with E-state index in [1.165, 1.54) is 6.20 Å². The van der Waals surface area contributed by atoms with Crippen molar-refractivity contribution < 1.29 is 13.2 Å². The maximum absolute atomic E-state index is 12.0.